The molecule has 2 rings (SSSR count). The second kappa shape index (κ2) is 6.41. The zero-order chi connectivity index (χ0) is 18.3. The maximum atomic E-state index is 12.8. The first kappa shape index (κ1) is 19.4. The molecule has 4 atom stereocenters. The molecule has 2 aliphatic rings. The lowest BCUT2D eigenvalue weighted by molar-refractivity contribution is -0.143. The number of rotatable bonds is 7. The van der Waals surface area contributed by atoms with Crippen LogP contribution in [0.3, 0.4) is 0 Å². The van der Waals surface area contributed by atoms with E-state index in [1.807, 2.05) is 20.8 Å². The summed E-state index contributed by atoms with van der Waals surface area (Å²) in [7, 11) is -2.55. The molecule has 1 N–H and O–H groups in total. The van der Waals surface area contributed by atoms with E-state index < -0.39 is 27.4 Å². The molecule has 0 aliphatic heterocycles. The minimum Gasteiger partial charge on any atom is -0.468 e. The average Bonchev–Trinajstić information content (AvgIpc) is 2.84. The quantitative estimate of drug-likeness (QED) is 0.701. The van der Waals surface area contributed by atoms with E-state index in [9.17, 15) is 18.0 Å². The Labute approximate surface area is 144 Å². The minimum atomic E-state index is -3.79. The number of sulfonamides is 1. The summed E-state index contributed by atoms with van der Waals surface area (Å²) in [4.78, 5) is 24.5. The molecule has 0 aromatic heterocycles. The fourth-order valence-corrected chi connectivity index (χ4v) is 6.55. The number of Topliss-reactive ketones (excluding diaryl/α,β-unsaturated/α-hetero) is 1. The van der Waals surface area contributed by atoms with E-state index in [0.717, 1.165) is 6.42 Å². The van der Waals surface area contributed by atoms with Crippen molar-refractivity contribution in [2.75, 3.05) is 12.9 Å². The van der Waals surface area contributed by atoms with Crippen LogP contribution in [0.15, 0.2) is 0 Å². The van der Waals surface area contributed by atoms with E-state index in [2.05, 4.69) is 4.72 Å². The molecule has 0 amide bonds. The van der Waals surface area contributed by atoms with Gasteiger partial charge in [-0.05, 0) is 30.1 Å². The van der Waals surface area contributed by atoms with E-state index >= 15 is 0 Å². The molecule has 0 saturated heterocycles. The van der Waals surface area contributed by atoms with Crippen LogP contribution < -0.4 is 4.72 Å². The van der Waals surface area contributed by atoms with Gasteiger partial charge in [-0.3, -0.25) is 9.59 Å². The Balaban J connectivity index is 2.25. The highest BCUT2D eigenvalue weighted by Crippen LogP contribution is 2.64. The van der Waals surface area contributed by atoms with Crippen molar-refractivity contribution in [2.45, 2.75) is 59.4 Å². The van der Waals surface area contributed by atoms with E-state index in [-0.39, 0.29) is 28.8 Å². The summed E-state index contributed by atoms with van der Waals surface area (Å²) in [5.74, 6) is -0.717. The van der Waals surface area contributed by atoms with Crippen molar-refractivity contribution < 1.29 is 22.7 Å². The summed E-state index contributed by atoms with van der Waals surface area (Å²) in [6, 6.07) is -0.918. The third kappa shape index (κ3) is 3.01. The standard InChI is InChI=1S/C17H29NO5S/c1-6-11(2)14(15(20)23-5)18-24(21,22)10-17-8-7-12(9-13(17)19)16(17,3)4/h11-12,14,18H,6-10H2,1-5H3. The highest BCUT2D eigenvalue weighted by atomic mass is 32.2. The van der Waals surface area contributed by atoms with Crippen molar-refractivity contribution in [1.82, 2.24) is 4.72 Å². The first-order chi connectivity index (χ1) is 11.0. The van der Waals surface area contributed by atoms with Gasteiger partial charge in [0.1, 0.15) is 11.8 Å². The van der Waals surface area contributed by atoms with E-state index in [4.69, 9.17) is 4.74 Å². The fraction of sp³-hybridized carbons (Fsp3) is 0.882. The van der Waals surface area contributed by atoms with Crippen LogP contribution in [-0.2, 0) is 24.3 Å². The zero-order valence-electron chi connectivity index (χ0n) is 15.2. The number of ketones is 1. The number of methoxy groups -OCH3 is 1. The first-order valence-electron chi connectivity index (χ1n) is 8.62. The van der Waals surface area contributed by atoms with Crippen molar-refractivity contribution in [3.63, 3.8) is 0 Å². The molecule has 4 unspecified atom stereocenters. The normalized spacial score (nSPS) is 31.0. The molecule has 6 nitrogen and oxygen atoms in total. The molecule has 0 aromatic rings. The predicted octanol–water partition coefficient (Wildman–Crippen LogP) is 1.89. The highest BCUT2D eigenvalue weighted by Gasteiger charge is 2.65. The zero-order valence-corrected chi connectivity index (χ0v) is 16.0. The Bertz CT molecular complexity index is 627. The molecular formula is C17H29NO5S. The van der Waals surface area contributed by atoms with Crippen molar-refractivity contribution in [3.8, 4) is 0 Å². The summed E-state index contributed by atoms with van der Waals surface area (Å²) in [5.41, 5.74) is -1.16. The van der Waals surface area contributed by atoms with E-state index in [1.54, 1.807) is 6.92 Å². The lowest BCUT2D eigenvalue weighted by Crippen LogP contribution is -2.51. The fourth-order valence-electron chi connectivity index (χ4n) is 4.43. The smallest absolute Gasteiger partial charge is 0.324 e. The van der Waals surface area contributed by atoms with Crippen LogP contribution >= 0.6 is 0 Å². The van der Waals surface area contributed by atoms with Gasteiger partial charge in [-0.15, -0.1) is 0 Å². The molecule has 2 bridgehead atoms. The van der Waals surface area contributed by atoms with Crippen LogP contribution in [0.5, 0.6) is 0 Å². The Kier molecular flexibility index (Phi) is 5.17. The lowest BCUT2D eigenvalue weighted by atomic mass is 9.70. The molecular weight excluding hydrogens is 330 g/mol. The molecule has 2 saturated carbocycles. The highest BCUT2D eigenvalue weighted by molar-refractivity contribution is 7.89. The molecule has 0 heterocycles. The molecule has 7 heteroatoms. The van der Waals surface area contributed by atoms with Gasteiger partial charge >= 0.3 is 5.97 Å². The Hall–Kier alpha value is -0.950. The molecule has 138 valence electrons. The molecule has 0 aromatic carbocycles. The molecule has 24 heavy (non-hydrogen) atoms. The number of carbonyl (C=O) groups is 2. The maximum Gasteiger partial charge on any atom is 0.324 e. The lowest BCUT2D eigenvalue weighted by Gasteiger charge is -2.36. The molecule has 2 aliphatic carbocycles. The van der Waals surface area contributed by atoms with Gasteiger partial charge in [-0.25, -0.2) is 13.1 Å². The van der Waals surface area contributed by atoms with Gasteiger partial charge in [-0.2, -0.15) is 0 Å². The van der Waals surface area contributed by atoms with Gasteiger partial charge in [0, 0.05) is 11.8 Å². The Morgan fingerprint density at radius 1 is 1.42 bits per heavy atom. The third-order valence-corrected chi connectivity index (χ3v) is 8.04. The molecule has 0 radical (unpaired) electrons. The van der Waals surface area contributed by atoms with Gasteiger partial charge < -0.3 is 4.74 Å². The molecule has 2 fully saturated rings. The Morgan fingerprint density at radius 2 is 2.04 bits per heavy atom. The Morgan fingerprint density at radius 3 is 2.46 bits per heavy atom. The van der Waals surface area contributed by atoms with Gasteiger partial charge in [0.25, 0.3) is 0 Å². The summed E-state index contributed by atoms with van der Waals surface area (Å²) in [6.07, 6.45) is 2.60. The van der Waals surface area contributed by atoms with E-state index in [0.29, 0.717) is 19.3 Å². The monoisotopic (exact) mass is 359 g/mol. The van der Waals surface area contributed by atoms with Gasteiger partial charge in [0.2, 0.25) is 10.0 Å². The molecule has 0 spiro atoms. The van der Waals surface area contributed by atoms with Gasteiger partial charge in [-0.1, -0.05) is 34.1 Å². The second-order valence-electron chi connectivity index (χ2n) is 7.93. The van der Waals surface area contributed by atoms with Crippen molar-refractivity contribution in [2.24, 2.45) is 22.7 Å². The summed E-state index contributed by atoms with van der Waals surface area (Å²) < 4.78 is 32.8. The van der Waals surface area contributed by atoms with Crippen LogP contribution in [0.25, 0.3) is 0 Å². The van der Waals surface area contributed by atoms with Crippen LogP contribution in [0.2, 0.25) is 0 Å². The first-order valence-corrected chi connectivity index (χ1v) is 10.3. The van der Waals surface area contributed by atoms with Crippen LogP contribution in [0.4, 0.5) is 0 Å². The third-order valence-electron chi connectivity index (χ3n) is 6.55. The number of fused-ring (bicyclic) bond motifs is 2. The van der Waals surface area contributed by atoms with Crippen LogP contribution in [0, 0.1) is 22.7 Å². The largest absolute Gasteiger partial charge is 0.468 e. The van der Waals surface area contributed by atoms with Crippen LogP contribution in [-0.4, -0.2) is 39.1 Å². The van der Waals surface area contributed by atoms with Gasteiger partial charge in [0.05, 0.1) is 12.9 Å². The maximum absolute atomic E-state index is 12.8. The average molecular weight is 359 g/mol. The van der Waals surface area contributed by atoms with E-state index in [1.165, 1.54) is 7.11 Å². The van der Waals surface area contributed by atoms with Crippen molar-refractivity contribution in [3.05, 3.63) is 0 Å². The second-order valence-corrected chi connectivity index (χ2v) is 9.68. The summed E-state index contributed by atoms with van der Waals surface area (Å²) >= 11 is 0. The van der Waals surface area contributed by atoms with Crippen molar-refractivity contribution in [1.29, 1.82) is 0 Å². The number of carbonyl (C=O) groups excluding carboxylic acids is 2. The van der Waals surface area contributed by atoms with Gasteiger partial charge in [0.15, 0.2) is 0 Å². The number of hydrogen-bond acceptors (Lipinski definition) is 5. The number of esters is 1. The number of nitrogens with one attached hydrogen (secondary N) is 1. The van der Waals surface area contributed by atoms with Crippen LogP contribution in [0.1, 0.15) is 53.4 Å². The number of hydrogen-bond donors (Lipinski definition) is 1. The predicted molar refractivity (Wildman–Crippen MR) is 90.7 cm³/mol. The topological polar surface area (TPSA) is 89.5 Å². The SMILES string of the molecule is CCC(C)C(NS(=O)(=O)CC12CCC(CC1=O)C2(C)C)C(=O)OC. The minimum absolute atomic E-state index is 0.0484. The summed E-state index contributed by atoms with van der Waals surface area (Å²) in [5, 5.41) is 0. The summed E-state index contributed by atoms with van der Waals surface area (Å²) in [6.45, 7) is 7.69. The number of ether oxygens (including phenoxy) is 1. The van der Waals surface area contributed by atoms with Crippen molar-refractivity contribution >= 4 is 21.8 Å².